The minimum atomic E-state index is 0.665. The first-order chi connectivity index (χ1) is 13.8. The molecule has 2 unspecified atom stereocenters. The van der Waals surface area contributed by atoms with Crippen molar-refractivity contribution in [2.75, 3.05) is 0 Å². The van der Waals surface area contributed by atoms with Gasteiger partial charge < -0.3 is 0 Å². The first kappa shape index (κ1) is 22.2. The minimum absolute atomic E-state index is 0.665. The van der Waals surface area contributed by atoms with Gasteiger partial charge in [-0.3, -0.25) is 0 Å². The maximum absolute atomic E-state index is 2.76. The summed E-state index contributed by atoms with van der Waals surface area (Å²) >= 11 is 0. The summed E-state index contributed by atoms with van der Waals surface area (Å²) in [5.41, 5.74) is 1.37. The van der Waals surface area contributed by atoms with Crippen LogP contribution in [0.25, 0.3) is 0 Å². The van der Waals surface area contributed by atoms with Gasteiger partial charge in [0, 0.05) is 0 Å². The van der Waals surface area contributed by atoms with E-state index in [0.29, 0.717) is 10.8 Å². The fourth-order valence-corrected chi connectivity index (χ4v) is 9.96. The van der Waals surface area contributed by atoms with Crippen molar-refractivity contribution in [3.05, 3.63) is 0 Å². The van der Waals surface area contributed by atoms with Crippen LogP contribution in [0.1, 0.15) is 125 Å². The van der Waals surface area contributed by atoms with E-state index in [1.165, 1.54) is 32.1 Å². The third-order valence-electron chi connectivity index (χ3n) is 11.8. The lowest BCUT2D eigenvalue weighted by Gasteiger charge is -2.61. The zero-order chi connectivity index (χ0) is 20.8. The maximum Gasteiger partial charge on any atom is -0.0264 e. The quantitative estimate of drug-likeness (QED) is 0.417. The predicted molar refractivity (Wildman–Crippen MR) is 127 cm³/mol. The van der Waals surface area contributed by atoms with Crippen molar-refractivity contribution in [3.63, 3.8) is 0 Å². The Kier molecular flexibility index (Phi) is 6.51. The molecule has 0 N–H and O–H groups in total. The van der Waals surface area contributed by atoms with Crippen LogP contribution < -0.4 is 0 Å². The Morgan fingerprint density at radius 3 is 2.24 bits per heavy atom. The van der Waals surface area contributed by atoms with Crippen LogP contribution in [0.4, 0.5) is 0 Å². The first-order valence-electron chi connectivity index (χ1n) is 13.8. The number of hydrogen-bond acceptors (Lipinski definition) is 0. The fraction of sp³-hybridized carbons (Fsp3) is 1.00. The van der Waals surface area contributed by atoms with Crippen LogP contribution in [0, 0.1) is 58.2 Å². The van der Waals surface area contributed by atoms with E-state index < -0.39 is 0 Å². The van der Waals surface area contributed by atoms with Gasteiger partial charge in [-0.1, -0.05) is 67.2 Å². The van der Waals surface area contributed by atoms with Crippen molar-refractivity contribution < 1.29 is 0 Å². The topological polar surface area (TPSA) is 0 Å². The summed E-state index contributed by atoms with van der Waals surface area (Å²) in [6.07, 6.45) is 19.8. The molecule has 0 saturated heterocycles. The predicted octanol–water partition coefficient (Wildman–Crippen LogP) is 9.13. The molecule has 0 heteroatoms. The molecular formula is C29H52. The standard InChI is InChI=1S/C29H52/c1-7-22(20(2)3)12-11-21(4)25-15-16-26-24-14-13-23-10-8-9-18-28(23,5)27(24)17-19-29(25,26)6/h20-27H,7-19H2,1-6H3/t21-,22?,23?,24+,25+,26+,27+,28+,29-/m1/s1. The van der Waals surface area contributed by atoms with Crippen molar-refractivity contribution in [2.24, 2.45) is 58.2 Å². The van der Waals surface area contributed by atoms with Crippen molar-refractivity contribution in [3.8, 4) is 0 Å². The molecule has 0 spiro atoms. The van der Waals surface area contributed by atoms with Crippen molar-refractivity contribution in [1.82, 2.24) is 0 Å². The van der Waals surface area contributed by atoms with E-state index in [1.54, 1.807) is 51.4 Å². The summed E-state index contributed by atoms with van der Waals surface area (Å²) in [6.45, 7) is 15.4. The smallest absolute Gasteiger partial charge is 0.0264 e. The molecule has 0 heterocycles. The second-order valence-electron chi connectivity index (χ2n) is 13.1. The molecule has 0 aromatic carbocycles. The molecule has 29 heavy (non-hydrogen) atoms. The van der Waals surface area contributed by atoms with Gasteiger partial charge in [-0.2, -0.15) is 0 Å². The number of fused-ring (bicyclic) bond motifs is 5. The Morgan fingerprint density at radius 2 is 1.52 bits per heavy atom. The van der Waals surface area contributed by atoms with E-state index in [1.807, 2.05) is 0 Å². The van der Waals surface area contributed by atoms with E-state index in [9.17, 15) is 0 Å². The molecular weight excluding hydrogens is 348 g/mol. The molecule has 168 valence electrons. The summed E-state index contributed by atoms with van der Waals surface area (Å²) in [6, 6.07) is 0. The van der Waals surface area contributed by atoms with E-state index >= 15 is 0 Å². The van der Waals surface area contributed by atoms with Crippen molar-refractivity contribution in [1.29, 1.82) is 0 Å². The lowest BCUT2D eigenvalue weighted by atomic mass is 9.44. The number of rotatable bonds is 6. The third-order valence-corrected chi connectivity index (χ3v) is 11.8. The van der Waals surface area contributed by atoms with Gasteiger partial charge in [0.05, 0.1) is 0 Å². The fourth-order valence-electron chi connectivity index (χ4n) is 9.96. The summed E-state index contributed by atoms with van der Waals surface area (Å²) in [7, 11) is 0. The molecule has 0 aromatic rings. The summed E-state index contributed by atoms with van der Waals surface area (Å²) in [4.78, 5) is 0. The van der Waals surface area contributed by atoms with Crippen LogP contribution in [-0.2, 0) is 0 Å². The second kappa shape index (κ2) is 8.50. The summed E-state index contributed by atoms with van der Waals surface area (Å²) in [5, 5.41) is 0. The van der Waals surface area contributed by atoms with Crippen molar-refractivity contribution >= 4 is 0 Å². The first-order valence-corrected chi connectivity index (χ1v) is 13.8. The molecule has 0 amide bonds. The second-order valence-corrected chi connectivity index (χ2v) is 13.1. The molecule has 0 aromatic heterocycles. The largest absolute Gasteiger partial charge is 0.0651 e. The Balaban J connectivity index is 1.45. The van der Waals surface area contributed by atoms with E-state index in [0.717, 1.165) is 47.3 Å². The Morgan fingerprint density at radius 1 is 0.759 bits per heavy atom. The van der Waals surface area contributed by atoms with Gasteiger partial charge in [0.25, 0.3) is 0 Å². The molecule has 4 aliphatic carbocycles. The normalized spacial score (nSPS) is 46.7. The van der Waals surface area contributed by atoms with Crippen LogP contribution >= 0.6 is 0 Å². The molecule has 0 radical (unpaired) electrons. The molecule has 4 fully saturated rings. The van der Waals surface area contributed by atoms with Gasteiger partial charge in [-0.15, -0.1) is 0 Å². The van der Waals surface area contributed by atoms with Gasteiger partial charge in [0.15, 0.2) is 0 Å². The maximum atomic E-state index is 2.76. The Hall–Kier alpha value is 0. The summed E-state index contributed by atoms with van der Waals surface area (Å²) in [5.74, 6) is 8.02. The van der Waals surface area contributed by atoms with Crippen LogP contribution in [-0.4, -0.2) is 0 Å². The zero-order valence-corrected chi connectivity index (χ0v) is 20.8. The molecule has 4 saturated carbocycles. The van der Waals surface area contributed by atoms with E-state index in [2.05, 4.69) is 41.5 Å². The third kappa shape index (κ3) is 3.75. The minimum Gasteiger partial charge on any atom is -0.0651 e. The van der Waals surface area contributed by atoms with Gasteiger partial charge in [0.2, 0.25) is 0 Å². The Bertz CT molecular complexity index is 548. The summed E-state index contributed by atoms with van der Waals surface area (Å²) < 4.78 is 0. The lowest BCUT2D eigenvalue weighted by molar-refractivity contribution is -0.114. The van der Waals surface area contributed by atoms with Gasteiger partial charge in [0.1, 0.15) is 0 Å². The van der Waals surface area contributed by atoms with Gasteiger partial charge in [-0.05, 0) is 116 Å². The highest BCUT2D eigenvalue weighted by Gasteiger charge is 2.60. The lowest BCUT2D eigenvalue weighted by Crippen LogP contribution is -2.53. The average Bonchev–Trinajstić information content (AvgIpc) is 3.05. The molecule has 4 rings (SSSR count). The van der Waals surface area contributed by atoms with Crippen molar-refractivity contribution in [2.45, 2.75) is 125 Å². The molecule has 0 aliphatic heterocycles. The van der Waals surface area contributed by atoms with Gasteiger partial charge >= 0.3 is 0 Å². The molecule has 0 nitrogen and oxygen atoms in total. The van der Waals surface area contributed by atoms with E-state index in [4.69, 9.17) is 0 Å². The highest BCUT2D eigenvalue weighted by atomic mass is 14.6. The number of hydrogen-bond donors (Lipinski definition) is 0. The SMILES string of the molecule is CCC(CC[C@@H](C)[C@@H]1CC[C@H]2[C@@H]3CCC4CCCC[C@]4(C)[C@H]3CC[C@@]21C)C(C)C. The average molecular weight is 401 g/mol. The van der Waals surface area contributed by atoms with Crippen LogP contribution in [0.15, 0.2) is 0 Å². The highest BCUT2D eigenvalue weighted by Crippen LogP contribution is 2.68. The molecule has 0 bridgehead atoms. The molecule has 4 aliphatic rings. The van der Waals surface area contributed by atoms with Gasteiger partial charge in [-0.25, -0.2) is 0 Å². The monoisotopic (exact) mass is 400 g/mol. The van der Waals surface area contributed by atoms with Crippen LogP contribution in [0.2, 0.25) is 0 Å². The van der Waals surface area contributed by atoms with Crippen LogP contribution in [0.3, 0.4) is 0 Å². The molecule has 9 atom stereocenters. The van der Waals surface area contributed by atoms with Crippen LogP contribution in [0.5, 0.6) is 0 Å². The van der Waals surface area contributed by atoms with E-state index in [-0.39, 0.29) is 0 Å². The highest BCUT2D eigenvalue weighted by molar-refractivity contribution is 5.09. The Labute approximate surface area is 183 Å². The zero-order valence-electron chi connectivity index (χ0n) is 20.8.